The first-order valence-electron chi connectivity index (χ1n) is 7.00. The number of hydrogen-bond acceptors (Lipinski definition) is 2. The van der Waals surface area contributed by atoms with E-state index in [4.69, 9.17) is 11.6 Å². The van der Waals surface area contributed by atoms with E-state index >= 15 is 0 Å². The number of halogens is 2. The van der Waals surface area contributed by atoms with Gasteiger partial charge in [-0.3, -0.25) is 4.79 Å². The molecule has 0 aliphatic carbocycles. The molecule has 1 unspecified atom stereocenters. The zero-order valence-corrected chi connectivity index (χ0v) is 13.2. The van der Waals surface area contributed by atoms with E-state index in [9.17, 15) is 9.18 Å². The normalized spacial score (nSPS) is 11.8. The van der Waals surface area contributed by atoms with Gasteiger partial charge in [0.05, 0.1) is 12.6 Å². The van der Waals surface area contributed by atoms with Crippen LogP contribution in [0.5, 0.6) is 0 Å². The Morgan fingerprint density at radius 2 is 1.91 bits per heavy atom. The predicted molar refractivity (Wildman–Crippen MR) is 87.6 cm³/mol. The van der Waals surface area contributed by atoms with E-state index in [0.29, 0.717) is 5.02 Å². The lowest BCUT2D eigenvalue weighted by Crippen LogP contribution is -2.32. The first-order valence-corrected chi connectivity index (χ1v) is 7.38. The fourth-order valence-electron chi connectivity index (χ4n) is 2.09. The van der Waals surface area contributed by atoms with Crippen LogP contribution in [0.25, 0.3) is 0 Å². The van der Waals surface area contributed by atoms with Gasteiger partial charge in [-0.25, -0.2) is 4.39 Å². The SMILES string of the molecule is Cc1ccc(Cl)cc1NCC(=O)NC(C)c1ccc(F)cc1. The maximum absolute atomic E-state index is 12.9. The standard InChI is InChI=1S/C17H18ClFN2O/c1-11-3-6-14(18)9-16(11)20-10-17(22)21-12(2)13-4-7-15(19)8-5-13/h3-9,12,20H,10H2,1-2H3,(H,21,22). The molecule has 0 spiro atoms. The highest BCUT2D eigenvalue weighted by molar-refractivity contribution is 6.30. The molecular weight excluding hydrogens is 303 g/mol. The highest BCUT2D eigenvalue weighted by Gasteiger charge is 2.10. The molecule has 5 heteroatoms. The summed E-state index contributed by atoms with van der Waals surface area (Å²) in [6.45, 7) is 3.94. The third-order valence-corrected chi connectivity index (χ3v) is 3.62. The van der Waals surface area contributed by atoms with E-state index in [1.807, 2.05) is 19.9 Å². The number of carbonyl (C=O) groups excluding carboxylic acids is 1. The Balaban J connectivity index is 1.90. The minimum Gasteiger partial charge on any atom is -0.376 e. The Hall–Kier alpha value is -2.07. The van der Waals surface area contributed by atoms with Gasteiger partial charge in [-0.15, -0.1) is 0 Å². The first-order chi connectivity index (χ1) is 10.5. The van der Waals surface area contributed by atoms with Gasteiger partial charge in [-0.2, -0.15) is 0 Å². The minimum absolute atomic E-state index is 0.142. The van der Waals surface area contributed by atoms with Gasteiger partial charge in [0.15, 0.2) is 0 Å². The molecule has 0 aliphatic rings. The van der Waals surface area contributed by atoms with E-state index in [1.165, 1.54) is 12.1 Å². The van der Waals surface area contributed by atoms with E-state index < -0.39 is 0 Å². The molecule has 3 nitrogen and oxygen atoms in total. The molecule has 0 radical (unpaired) electrons. The van der Waals surface area contributed by atoms with Crippen LogP contribution in [-0.4, -0.2) is 12.5 Å². The number of aryl methyl sites for hydroxylation is 1. The molecule has 22 heavy (non-hydrogen) atoms. The van der Waals surface area contributed by atoms with Gasteiger partial charge in [-0.05, 0) is 49.2 Å². The number of rotatable bonds is 5. The van der Waals surface area contributed by atoms with Gasteiger partial charge in [-0.1, -0.05) is 29.8 Å². The average Bonchev–Trinajstić information content (AvgIpc) is 2.49. The lowest BCUT2D eigenvalue weighted by Gasteiger charge is -2.15. The fraction of sp³-hybridized carbons (Fsp3) is 0.235. The zero-order valence-electron chi connectivity index (χ0n) is 12.5. The molecule has 0 aromatic heterocycles. The highest BCUT2D eigenvalue weighted by atomic mass is 35.5. The molecule has 2 aromatic rings. The van der Waals surface area contributed by atoms with Crippen LogP contribution in [0.1, 0.15) is 24.1 Å². The van der Waals surface area contributed by atoms with Gasteiger partial charge >= 0.3 is 0 Å². The molecule has 0 saturated heterocycles. The molecule has 2 rings (SSSR count). The van der Waals surface area contributed by atoms with Crippen molar-refractivity contribution in [2.75, 3.05) is 11.9 Å². The number of anilines is 1. The third kappa shape index (κ3) is 4.46. The first kappa shape index (κ1) is 16.3. The minimum atomic E-state index is -0.291. The maximum Gasteiger partial charge on any atom is 0.239 e. The fourth-order valence-corrected chi connectivity index (χ4v) is 2.26. The second-order valence-corrected chi connectivity index (χ2v) is 5.59. The molecule has 2 aromatic carbocycles. The van der Waals surface area contributed by atoms with Crippen LogP contribution in [0.15, 0.2) is 42.5 Å². The van der Waals surface area contributed by atoms with Crippen molar-refractivity contribution in [2.24, 2.45) is 0 Å². The summed E-state index contributed by atoms with van der Waals surface area (Å²) in [6, 6.07) is 11.4. The Kier molecular flexibility index (Phi) is 5.39. The Morgan fingerprint density at radius 1 is 1.23 bits per heavy atom. The van der Waals surface area contributed by atoms with Crippen molar-refractivity contribution in [1.29, 1.82) is 0 Å². The molecule has 2 N–H and O–H groups in total. The van der Waals surface area contributed by atoms with Crippen molar-refractivity contribution in [1.82, 2.24) is 5.32 Å². The molecule has 0 heterocycles. The summed E-state index contributed by atoms with van der Waals surface area (Å²) < 4.78 is 12.9. The van der Waals surface area contributed by atoms with Crippen LogP contribution in [0.3, 0.4) is 0 Å². The molecule has 0 bridgehead atoms. The Bertz CT molecular complexity index is 658. The van der Waals surface area contributed by atoms with Crippen molar-refractivity contribution in [3.63, 3.8) is 0 Å². The van der Waals surface area contributed by atoms with E-state index in [2.05, 4.69) is 10.6 Å². The molecular formula is C17H18ClFN2O. The van der Waals surface area contributed by atoms with Crippen LogP contribution in [0, 0.1) is 12.7 Å². The van der Waals surface area contributed by atoms with Crippen LogP contribution in [-0.2, 0) is 4.79 Å². The van der Waals surface area contributed by atoms with Gasteiger partial charge in [0, 0.05) is 10.7 Å². The number of hydrogen-bond donors (Lipinski definition) is 2. The molecule has 0 saturated carbocycles. The van der Waals surface area contributed by atoms with Crippen LogP contribution < -0.4 is 10.6 Å². The lowest BCUT2D eigenvalue weighted by molar-refractivity contribution is -0.120. The second kappa shape index (κ2) is 7.27. The van der Waals surface area contributed by atoms with Crippen molar-refractivity contribution in [3.8, 4) is 0 Å². The summed E-state index contributed by atoms with van der Waals surface area (Å²) in [5.74, 6) is -0.434. The van der Waals surface area contributed by atoms with Crippen LogP contribution in [0.4, 0.5) is 10.1 Å². The summed E-state index contributed by atoms with van der Waals surface area (Å²) >= 11 is 5.94. The van der Waals surface area contributed by atoms with Gasteiger partial charge in [0.2, 0.25) is 5.91 Å². The summed E-state index contributed by atoms with van der Waals surface area (Å²) in [7, 11) is 0. The van der Waals surface area contributed by atoms with Crippen molar-refractivity contribution < 1.29 is 9.18 Å². The smallest absolute Gasteiger partial charge is 0.239 e. The second-order valence-electron chi connectivity index (χ2n) is 5.15. The summed E-state index contributed by atoms with van der Waals surface area (Å²) in [4.78, 5) is 12.0. The van der Waals surface area contributed by atoms with Crippen molar-refractivity contribution >= 4 is 23.2 Å². The monoisotopic (exact) mass is 320 g/mol. The Morgan fingerprint density at radius 3 is 2.59 bits per heavy atom. The molecule has 116 valence electrons. The lowest BCUT2D eigenvalue weighted by atomic mass is 10.1. The van der Waals surface area contributed by atoms with Gasteiger partial charge < -0.3 is 10.6 Å². The van der Waals surface area contributed by atoms with E-state index in [1.54, 1.807) is 24.3 Å². The number of nitrogens with one attached hydrogen (secondary N) is 2. The van der Waals surface area contributed by atoms with E-state index in [0.717, 1.165) is 16.8 Å². The molecule has 0 fully saturated rings. The zero-order chi connectivity index (χ0) is 16.1. The maximum atomic E-state index is 12.9. The van der Waals surface area contributed by atoms with Gasteiger partial charge in [0.1, 0.15) is 5.82 Å². The van der Waals surface area contributed by atoms with E-state index in [-0.39, 0.29) is 24.3 Å². The third-order valence-electron chi connectivity index (χ3n) is 3.39. The summed E-state index contributed by atoms with van der Waals surface area (Å²) in [5, 5.41) is 6.54. The average molecular weight is 321 g/mol. The van der Waals surface area contributed by atoms with Crippen molar-refractivity contribution in [3.05, 3.63) is 64.4 Å². The van der Waals surface area contributed by atoms with Crippen LogP contribution in [0.2, 0.25) is 5.02 Å². The number of carbonyl (C=O) groups is 1. The highest BCUT2D eigenvalue weighted by Crippen LogP contribution is 2.20. The summed E-state index contributed by atoms with van der Waals surface area (Å²) in [5.41, 5.74) is 2.70. The molecule has 1 atom stereocenters. The summed E-state index contributed by atoms with van der Waals surface area (Å²) in [6.07, 6.45) is 0. The molecule has 0 aliphatic heterocycles. The molecule has 1 amide bonds. The van der Waals surface area contributed by atoms with Gasteiger partial charge in [0.25, 0.3) is 0 Å². The van der Waals surface area contributed by atoms with Crippen molar-refractivity contribution in [2.45, 2.75) is 19.9 Å². The number of amides is 1. The van der Waals surface area contributed by atoms with Crippen LogP contribution >= 0.6 is 11.6 Å². The quantitative estimate of drug-likeness (QED) is 0.871. The largest absolute Gasteiger partial charge is 0.376 e. The predicted octanol–water partition coefficient (Wildman–Crippen LogP) is 4.08. The number of benzene rings is 2. The topological polar surface area (TPSA) is 41.1 Å². The Labute approximate surface area is 134 Å².